The Bertz CT molecular complexity index is 917. The lowest BCUT2D eigenvalue weighted by Crippen LogP contribution is -2.48. The van der Waals surface area contributed by atoms with Crippen molar-refractivity contribution in [1.29, 1.82) is 0 Å². The first-order valence-corrected chi connectivity index (χ1v) is 10.3. The van der Waals surface area contributed by atoms with E-state index in [2.05, 4.69) is 4.72 Å². The molecule has 0 fully saturated rings. The van der Waals surface area contributed by atoms with Crippen LogP contribution in [0.5, 0.6) is 0 Å². The average Bonchev–Trinajstić information content (AvgIpc) is 2.79. The Balaban J connectivity index is 1.95. The van der Waals surface area contributed by atoms with E-state index in [9.17, 15) is 13.2 Å². The van der Waals surface area contributed by atoms with E-state index in [0.29, 0.717) is 5.58 Å². The van der Waals surface area contributed by atoms with Crippen LogP contribution in [0.3, 0.4) is 0 Å². The highest BCUT2D eigenvalue weighted by Gasteiger charge is 2.29. The number of hydrogen-bond donors (Lipinski definition) is 3. The summed E-state index contributed by atoms with van der Waals surface area (Å²) < 4.78 is 33.7. The molecule has 26 heavy (non-hydrogen) atoms. The van der Waals surface area contributed by atoms with Crippen LogP contribution in [0, 0.1) is 5.92 Å². The minimum absolute atomic E-state index is 0.0327. The molecule has 0 aliphatic heterocycles. The van der Waals surface area contributed by atoms with E-state index in [4.69, 9.17) is 9.62 Å². The number of amides is 1. The zero-order valence-corrected chi connectivity index (χ0v) is 15.7. The first-order valence-electron chi connectivity index (χ1n) is 8.84. The maximum atomic E-state index is 12.7. The van der Waals surface area contributed by atoms with E-state index in [1.165, 1.54) is 29.6 Å². The lowest BCUT2D eigenvalue weighted by atomic mass is 10.1. The molecule has 0 radical (unpaired) electrons. The van der Waals surface area contributed by atoms with Crippen LogP contribution in [-0.2, 0) is 27.7 Å². The summed E-state index contributed by atoms with van der Waals surface area (Å²) in [5, 5.41) is 9.78. The molecule has 7 nitrogen and oxygen atoms in total. The average molecular weight is 380 g/mol. The number of aryl methyl sites for hydroxylation is 2. The summed E-state index contributed by atoms with van der Waals surface area (Å²) >= 11 is 0. The number of rotatable bonds is 5. The quantitative estimate of drug-likeness (QED) is 0.420. The van der Waals surface area contributed by atoms with Gasteiger partial charge in [0, 0.05) is 23.4 Å². The standard InChI is InChI=1S/C18H24N2O5S/c1-11(2)17(18(21)19-22)20-26(23,24)12-8-9-14-13-6-4-3-5-7-15(13)25-16(14)10-12/h8-11,17,20,22H,3-7H2,1-2H3,(H,19,21)/t17-/m0/s1. The smallest absolute Gasteiger partial charge is 0.261 e. The highest BCUT2D eigenvalue weighted by Crippen LogP contribution is 2.32. The molecule has 1 aliphatic carbocycles. The fourth-order valence-electron chi connectivity index (χ4n) is 3.39. The van der Waals surface area contributed by atoms with Crippen molar-refractivity contribution in [3.8, 4) is 0 Å². The van der Waals surface area contributed by atoms with Gasteiger partial charge in [0.15, 0.2) is 0 Å². The van der Waals surface area contributed by atoms with Crippen molar-refractivity contribution in [2.24, 2.45) is 5.92 Å². The molecule has 8 heteroatoms. The molecule has 1 aliphatic rings. The van der Waals surface area contributed by atoms with Crippen LogP contribution in [-0.4, -0.2) is 25.6 Å². The predicted octanol–water partition coefficient (Wildman–Crippen LogP) is 2.51. The Kier molecular flexibility index (Phi) is 5.36. The molecule has 1 aromatic heterocycles. The normalized spacial score (nSPS) is 16.3. The second-order valence-corrected chi connectivity index (χ2v) is 8.76. The fourth-order valence-corrected chi connectivity index (χ4v) is 4.74. The van der Waals surface area contributed by atoms with Crippen molar-refractivity contribution >= 4 is 26.9 Å². The molecule has 1 heterocycles. The number of fused-ring (bicyclic) bond motifs is 3. The molecule has 0 bridgehead atoms. The maximum absolute atomic E-state index is 12.7. The summed E-state index contributed by atoms with van der Waals surface area (Å²) in [5.41, 5.74) is 3.23. The summed E-state index contributed by atoms with van der Waals surface area (Å²) in [4.78, 5) is 11.8. The summed E-state index contributed by atoms with van der Waals surface area (Å²) in [6, 6.07) is 3.72. The SMILES string of the molecule is CC(C)[C@H](NS(=O)(=O)c1ccc2c3c(oc2c1)CCCCC3)C(=O)NO. The predicted molar refractivity (Wildman–Crippen MR) is 96.3 cm³/mol. The Morgan fingerprint density at radius 3 is 2.62 bits per heavy atom. The third-order valence-corrected chi connectivity index (χ3v) is 6.27. The number of benzene rings is 1. The van der Waals surface area contributed by atoms with Crippen molar-refractivity contribution in [2.75, 3.05) is 0 Å². The van der Waals surface area contributed by atoms with Crippen LogP contribution >= 0.6 is 0 Å². The van der Waals surface area contributed by atoms with Crippen LogP contribution in [0.15, 0.2) is 27.5 Å². The van der Waals surface area contributed by atoms with Gasteiger partial charge in [-0.1, -0.05) is 20.3 Å². The van der Waals surface area contributed by atoms with Gasteiger partial charge in [-0.2, -0.15) is 4.72 Å². The molecule has 3 rings (SSSR count). The number of sulfonamides is 1. The highest BCUT2D eigenvalue weighted by molar-refractivity contribution is 7.89. The van der Waals surface area contributed by atoms with Gasteiger partial charge >= 0.3 is 0 Å². The van der Waals surface area contributed by atoms with Gasteiger partial charge in [-0.05, 0) is 37.3 Å². The van der Waals surface area contributed by atoms with Crippen molar-refractivity contribution < 1.29 is 22.8 Å². The number of carbonyl (C=O) groups is 1. The van der Waals surface area contributed by atoms with Crippen molar-refractivity contribution in [2.45, 2.75) is 56.9 Å². The topological polar surface area (TPSA) is 109 Å². The zero-order valence-electron chi connectivity index (χ0n) is 14.9. The van der Waals surface area contributed by atoms with Gasteiger partial charge in [-0.25, -0.2) is 13.9 Å². The highest BCUT2D eigenvalue weighted by atomic mass is 32.2. The monoisotopic (exact) mass is 380 g/mol. The van der Waals surface area contributed by atoms with Crippen LogP contribution < -0.4 is 10.2 Å². The van der Waals surface area contributed by atoms with Gasteiger partial charge in [0.1, 0.15) is 17.4 Å². The Labute approximate surface area is 152 Å². The van der Waals surface area contributed by atoms with Crippen molar-refractivity contribution in [1.82, 2.24) is 10.2 Å². The molecule has 0 spiro atoms. The summed E-state index contributed by atoms with van der Waals surface area (Å²) in [6.45, 7) is 3.38. The van der Waals surface area contributed by atoms with Crippen LogP contribution in [0.1, 0.15) is 44.4 Å². The Hall–Kier alpha value is -1.90. The summed E-state index contributed by atoms with van der Waals surface area (Å²) in [7, 11) is -3.94. The van der Waals surface area contributed by atoms with Gasteiger partial charge in [0.05, 0.1) is 4.90 Å². The minimum atomic E-state index is -3.94. The van der Waals surface area contributed by atoms with Crippen molar-refractivity contribution in [3.05, 3.63) is 29.5 Å². The first-order chi connectivity index (χ1) is 12.3. The van der Waals surface area contributed by atoms with E-state index in [1.807, 2.05) is 0 Å². The molecule has 0 saturated heterocycles. The molecule has 0 saturated carbocycles. The van der Waals surface area contributed by atoms with Crippen LogP contribution in [0.25, 0.3) is 11.0 Å². The number of nitrogens with one attached hydrogen (secondary N) is 2. The molecule has 142 valence electrons. The molecule has 1 aromatic carbocycles. The lowest BCUT2D eigenvalue weighted by molar-refractivity contribution is -0.131. The second-order valence-electron chi connectivity index (χ2n) is 7.04. The van der Waals surface area contributed by atoms with Gasteiger partial charge in [-0.15, -0.1) is 0 Å². The molecule has 1 atom stereocenters. The molecular weight excluding hydrogens is 356 g/mol. The number of hydroxylamine groups is 1. The van der Waals surface area contributed by atoms with Crippen molar-refractivity contribution in [3.63, 3.8) is 0 Å². The first kappa shape index (κ1) is 18.9. The largest absolute Gasteiger partial charge is 0.461 e. The zero-order chi connectivity index (χ0) is 18.9. The molecule has 0 unspecified atom stereocenters. The van der Waals surface area contributed by atoms with Gasteiger partial charge in [-0.3, -0.25) is 10.0 Å². The van der Waals surface area contributed by atoms with Gasteiger partial charge in [0.25, 0.3) is 5.91 Å². The molecule has 3 N–H and O–H groups in total. The summed E-state index contributed by atoms with van der Waals surface area (Å²) in [5.74, 6) is -0.186. The molecule has 2 aromatic rings. The maximum Gasteiger partial charge on any atom is 0.261 e. The van der Waals surface area contributed by atoms with E-state index in [-0.39, 0.29) is 10.8 Å². The number of furan rings is 1. The van der Waals surface area contributed by atoms with Crippen LogP contribution in [0.2, 0.25) is 0 Å². The van der Waals surface area contributed by atoms with Gasteiger partial charge in [0.2, 0.25) is 10.0 Å². The van der Waals surface area contributed by atoms with E-state index < -0.39 is 22.0 Å². The lowest BCUT2D eigenvalue weighted by Gasteiger charge is -2.20. The Morgan fingerprint density at radius 2 is 1.92 bits per heavy atom. The molecular formula is C18H24N2O5S. The number of carbonyl (C=O) groups excluding carboxylic acids is 1. The third kappa shape index (κ3) is 3.62. The molecule has 1 amide bonds. The fraction of sp³-hybridized carbons (Fsp3) is 0.500. The second kappa shape index (κ2) is 7.38. The van der Waals surface area contributed by atoms with Gasteiger partial charge < -0.3 is 4.42 Å². The van der Waals surface area contributed by atoms with E-state index in [1.54, 1.807) is 19.9 Å². The minimum Gasteiger partial charge on any atom is -0.461 e. The summed E-state index contributed by atoms with van der Waals surface area (Å²) in [6.07, 6.45) is 5.17. The number of hydrogen-bond acceptors (Lipinski definition) is 5. The Morgan fingerprint density at radius 1 is 1.19 bits per heavy atom. The van der Waals surface area contributed by atoms with E-state index in [0.717, 1.165) is 36.8 Å². The third-order valence-electron chi connectivity index (χ3n) is 4.83. The van der Waals surface area contributed by atoms with Crippen LogP contribution in [0.4, 0.5) is 0 Å². The van der Waals surface area contributed by atoms with E-state index >= 15 is 0 Å².